The molecule has 2 nitrogen and oxygen atoms in total. The Morgan fingerprint density at radius 1 is 1.75 bits per heavy atom. The van der Waals surface area contributed by atoms with Gasteiger partial charge in [-0.1, -0.05) is 0 Å². The van der Waals surface area contributed by atoms with Crippen molar-refractivity contribution in [1.29, 1.82) is 0 Å². The van der Waals surface area contributed by atoms with Crippen molar-refractivity contribution in [3.05, 3.63) is 0 Å². The smallest absolute Gasteiger partial charge is 0.290 e. The Kier molecular flexibility index (Phi) is 26.0. The molecule has 0 heterocycles. The summed E-state index contributed by atoms with van der Waals surface area (Å²) in [6.07, 6.45) is 0. The maximum Gasteiger partial charge on any atom is 0.290 e. The Balaban J connectivity index is 0. The summed E-state index contributed by atoms with van der Waals surface area (Å²) in [7, 11) is 0. The number of rotatable bonds is 0. The minimum Gasteiger partial charge on any atom is -0.483 e. The van der Waals surface area contributed by atoms with Crippen LogP contribution in [0.2, 0.25) is 0 Å². The van der Waals surface area contributed by atoms with E-state index in [4.69, 9.17) is 9.90 Å². The molecule has 0 aliphatic heterocycles. The Bertz CT molecular complexity index is 13.5. The van der Waals surface area contributed by atoms with Gasteiger partial charge < -0.3 is 5.11 Å². The fourth-order valence-electron chi connectivity index (χ4n) is 0. The summed E-state index contributed by atoms with van der Waals surface area (Å²) in [5, 5.41) is 6.89. The van der Waals surface area contributed by atoms with Gasteiger partial charge in [-0.25, -0.2) is 0 Å². The molecule has 0 aromatic carbocycles. The summed E-state index contributed by atoms with van der Waals surface area (Å²) in [5.41, 5.74) is 0. The third-order valence-corrected chi connectivity index (χ3v) is 0. The minimum absolute atomic E-state index is 0. The van der Waals surface area contributed by atoms with E-state index in [0.29, 0.717) is 0 Å². The second kappa shape index (κ2) is 11.6. The number of hydrogen-bond acceptors (Lipinski definition) is 1. The molecule has 0 amide bonds. The van der Waals surface area contributed by atoms with Crippen LogP contribution in [0.1, 0.15) is 0 Å². The van der Waals surface area contributed by atoms with Gasteiger partial charge in [0.05, 0.1) is 0 Å². The van der Waals surface area contributed by atoms with Crippen LogP contribution in [0.3, 0.4) is 0 Å². The SMILES string of the molecule is O=CO.[V]. The minimum atomic E-state index is -0.250. The molecule has 0 unspecified atom stereocenters. The molecule has 0 aliphatic carbocycles. The van der Waals surface area contributed by atoms with Gasteiger partial charge in [-0.05, 0) is 0 Å². The predicted molar refractivity (Wildman–Crippen MR) is 8.69 cm³/mol. The fraction of sp³-hybridized carbons (Fsp3) is 0. The van der Waals surface area contributed by atoms with Crippen LogP contribution in [0.25, 0.3) is 0 Å². The normalized spacial score (nSPS) is 3.00. The van der Waals surface area contributed by atoms with Gasteiger partial charge in [0, 0.05) is 18.6 Å². The van der Waals surface area contributed by atoms with Gasteiger partial charge in [-0.15, -0.1) is 0 Å². The molecular weight excluding hydrogens is 95.0 g/mol. The number of carboxylic acid groups (broad SMARTS) is 1. The summed E-state index contributed by atoms with van der Waals surface area (Å²) >= 11 is 0. The first kappa shape index (κ1) is 8.96. The molecule has 0 atom stereocenters. The van der Waals surface area contributed by atoms with Gasteiger partial charge in [0.2, 0.25) is 0 Å². The van der Waals surface area contributed by atoms with Crippen LogP contribution in [-0.2, 0) is 23.4 Å². The van der Waals surface area contributed by atoms with Crippen LogP contribution < -0.4 is 0 Å². The van der Waals surface area contributed by atoms with Gasteiger partial charge >= 0.3 is 0 Å². The molecular formula is CH2O2V. The van der Waals surface area contributed by atoms with E-state index >= 15 is 0 Å². The van der Waals surface area contributed by atoms with E-state index < -0.39 is 0 Å². The van der Waals surface area contributed by atoms with E-state index in [1.54, 1.807) is 0 Å². The van der Waals surface area contributed by atoms with E-state index in [2.05, 4.69) is 0 Å². The van der Waals surface area contributed by atoms with Gasteiger partial charge in [0.25, 0.3) is 6.47 Å². The van der Waals surface area contributed by atoms with Crippen molar-refractivity contribution < 1.29 is 28.5 Å². The Morgan fingerprint density at radius 3 is 1.75 bits per heavy atom. The zero-order valence-electron chi connectivity index (χ0n) is 1.88. The average molecular weight is 97.0 g/mol. The van der Waals surface area contributed by atoms with Crippen molar-refractivity contribution in [3.63, 3.8) is 0 Å². The standard InChI is InChI=1S/CH2O2.V/c2-1-3;/h1H,(H,2,3);. The molecule has 0 saturated heterocycles. The second-order valence-electron chi connectivity index (χ2n) is 0.105. The van der Waals surface area contributed by atoms with Crippen molar-refractivity contribution in [3.8, 4) is 0 Å². The first-order chi connectivity index (χ1) is 1.41. The molecule has 1 N–H and O–H groups in total. The molecule has 0 saturated carbocycles. The van der Waals surface area contributed by atoms with Crippen LogP contribution in [0.4, 0.5) is 0 Å². The number of hydrogen-bond donors (Lipinski definition) is 1. The summed E-state index contributed by atoms with van der Waals surface area (Å²) in [4.78, 5) is 8.36. The maximum atomic E-state index is 8.36. The van der Waals surface area contributed by atoms with E-state index in [9.17, 15) is 0 Å². The molecule has 0 aliphatic rings. The Labute approximate surface area is 35.7 Å². The van der Waals surface area contributed by atoms with E-state index in [0.717, 1.165) is 0 Å². The van der Waals surface area contributed by atoms with Gasteiger partial charge in [0.15, 0.2) is 0 Å². The van der Waals surface area contributed by atoms with Crippen LogP contribution in [0.5, 0.6) is 0 Å². The van der Waals surface area contributed by atoms with Crippen molar-refractivity contribution in [2.75, 3.05) is 0 Å². The first-order valence-electron chi connectivity index (χ1n) is 0.494. The second-order valence-corrected chi connectivity index (χ2v) is 0.105. The largest absolute Gasteiger partial charge is 0.483 e. The molecule has 0 spiro atoms. The molecule has 0 bridgehead atoms. The van der Waals surface area contributed by atoms with E-state index in [1.165, 1.54) is 0 Å². The third-order valence-electron chi connectivity index (χ3n) is 0. The van der Waals surface area contributed by atoms with Crippen LogP contribution in [0.15, 0.2) is 0 Å². The molecule has 4 heavy (non-hydrogen) atoms. The Hall–Kier alpha value is 0.0544. The monoisotopic (exact) mass is 96.9 g/mol. The molecule has 0 rings (SSSR count). The average Bonchev–Trinajstić information content (AvgIpc) is 0.918. The third kappa shape index (κ3) is 771. The fourth-order valence-corrected chi connectivity index (χ4v) is 0. The van der Waals surface area contributed by atoms with Gasteiger partial charge in [-0.3, -0.25) is 4.79 Å². The molecule has 0 fully saturated rings. The van der Waals surface area contributed by atoms with Crippen LogP contribution in [0, 0.1) is 0 Å². The summed E-state index contributed by atoms with van der Waals surface area (Å²) in [6, 6.07) is 0. The van der Waals surface area contributed by atoms with E-state index in [1.807, 2.05) is 0 Å². The zero-order valence-corrected chi connectivity index (χ0v) is 3.28. The molecule has 23 valence electrons. The predicted octanol–water partition coefficient (Wildman–Crippen LogP) is -0.302. The van der Waals surface area contributed by atoms with Gasteiger partial charge in [0.1, 0.15) is 0 Å². The molecule has 0 aromatic rings. The topological polar surface area (TPSA) is 37.3 Å². The zero-order chi connectivity index (χ0) is 2.71. The number of carbonyl (C=O) groups is 1. The quantitative estimate of drug-likeness (QED) is 0.421. The Morgan fingerprint density at radius 2 is 1.75 bits per heavy atom. The van der Waals surface area contributed by atoms with Crippen molar-refractivity contribution in [2.24, 2.45) is 0 Å². The first-order valence-corrected chi connectivity index (χ1v) is 0.494. The van der Waals surface area contributed by atoms with Crippen LogP contribution in [-0.4, -0.2) is 11.6 Å². The van der Waals surface area contributed by atoms with Crippen molar-refractivity contribution in [1.82, 2.24) is 0 Å². The van der Waals surface area contributed by atoms with Crippen LogP contribution >= 0.6 is 0 Å². The molecule has 3 heteroatoms. The molecule has 1 radical (unpaired) electrons. The molecule has 0 aromatic heterocycles. The van der Waals surface area contributed by atoms with E-state index in [-0.39, 0.29) is 25.0 Å². The van der Waals surface area contributed by atoms with Gasteiger partial charge in [-0.2, -0.15) is 0 Å². The maximum absolute atomic E-state index is 8.36. The van der Waals surface area contributed by atoms with Crippen molar-refractivity contribution >= 4 is 6.47 Å². The summed E-state index contributed by atoms with van der Waals surface area (Å²) < 4.78 is 0. The summed E-state index contributed by atoms with van der Waals surface area (Å²) in [5.74, 6) is 0. The van der Waals surface area contributed by atoms with Crippen molar-refractivity contribution in [2.45, 2.75) is 0 Å². The summed E-state index contributed by atoms with van der Waals surface area (Å²) in [6.45, 7) is -0.250.